The molecule has 1 saturated heterocycles. The van der Waals surface area contributed by atoms with Crippen molar-refractivity contribution in [1.29, 1.82) is 0 Å². The number of rotatable bonds is 6. The van der Waals surface area contributed by atoms with Crippen LogP contribution in [0.2, 0.25) is 5.15 Å². The van der Waals surface area contributed by atoms with Gasteiger partial charge in [0.2, 0.25) is 0 Å². The van der Waals surface area contributed by atoms with Crippen LogP contribution in [0.3, 0.4) is 0 Å². The number of nitrogens with zero attached hydrogens (tertiary/aromatic N) is 4. The van der Waals surface area contributed by atoms with Crippen LogP contribution in [0.25, 0.3) is 0 Å². The van der Waals surface area contributed by atoms with Gasteiger partial charge in [-0.1, -0.05) is 44.2 Å². The molecule has 2 aliphatic rings. The van der Waals surface area contributed by atoms with Crippen molar-refractivity contribution in [3.63, 3.8) is 0 Å². The Morgan fingerprint density at radius 3 is 2.59 bits per heavy atom. The average Bonchev–Trinajstić information content (AvgIpc) is 3.14. The summed E-state index contributed by atoms with van der Waals surface area (Å²) in [5.74, 6) is 1.59. The van der Waals surface area contributed by atoms with Gasteiger partial charge >= 0.3 is 0 Å². The van der Waals surface area contributed by atoms with Gasteiger partial charge in [0.1, 0.15) is 5.76 Å². The van der Waals surface area contributed by atoms with Crippen molar-refractivity contribution >= 4 is 17.4 Å². The van der Waals surface area contributed by atoms with E-state index in [1.54, 1.807) is 7.11 Å². The lowest BCUT2D eigenvalue weighted by Gasteiger charge is -2.35. The van der Waals surface area contributed by atoms with Gasteiger partial charge in [-0.25, -0.2) is 0 Å². The summed E-state index contributed by atoms with van der Waals surface area (Å²) in [6.07, 6.45) is 1.95. The van der Waals surface area contributed by atoms with Gasteiger partial charge in [-0.15, -0.1) is 10.2 Å². The molecule has 0 radical (unpaired) electrons. The highest BCUT2D eigenvalue weighted by atomic mass is 35.5. The molecule has 1 fully saturated rings. The Labute approximate surface area is 180 Å². The number of hydrogen-bond donors (Lipinski definition) is 1. The third-order valence-corrected chi connectivity index (χ3v) is 5.50. The highest BCUT2D eigenvalue weighted by Crippen LogP contribution is 2.35. The van der Waals surface area contributed by atoms with Crippen LogP contribution in [0.4, 0.5) is 5.82 Å². The zero-order valence-corrected chi connectivity index (χ0v) is 19.1. The largest absolute Gasteiger partial charge is 0.497 e. The number of methoxy groups -OCH3 is 1. The summed E-state index contributed by atoms with van der Waals surface area (Å²) in [4.78, 5) is 4.67. The van der Waals surface area contributed by atoms with Gasteiger partial charge < -0.3 is 15.0 Å². The summed E-state index contributed by atoms with van der Waals surface area (Å²) in [6.45, 7) is 21.3. The smallest absolute Gasteiger partial charge is 0.156 e. The molecule has 0 spiro atoms. The Balaban J connectivity index is 0.00000145. The Morgan fingerprint density at radius 2 is 1.97 bits per heavy atom. The van der Waals surface area contributed by atoms with Crippen molar-refractivity contribution in [2.24, 2.45) is 0 Å². The molecule has 29 heavy (non-hydrogen) atoms. The monoisotopic (exact) mass is 419 g/mol. The Kier molecular flexibility index (Phi) is 8.68. The highest BCUT2D eigenvalue weighted by Gasteiger charge is 2.31. The van der Waals surface area contributed by atoms with Crippen molar-refractivity contribution in [1.82, 2.24) is 20.4 Å². The van der Waals surface area contributed by atoms with Gasteiger partial charge in [0.15, 0.2) is 11.0 Å². The molecule has 1 unspecified atom stereocenters. The topological polar surface area (TPSA) is 53.5 Å². The summed E-state index contributed by atoms with van der Waals surface area (Å²) in [6, 6.07) is 0.378. The van der Waals surface area contributed by atoms with E-state index in [4.69, 9.17) is 16.3 Å². The summed E-state index contributed by atoms with van der Waals surface area (Å²) < 4.78 is 5.20. The molecule has 7 heteroatoms. The number of nitrogens with one attached hydrogen (secondary N) is 1. The van der Waals surface area contributed by atoms with E-state index < -0.39 is 0 Å². The lowest BCUT2D eigenvalue weighted by Crippen LogP contribution is -2.50. The molecule has 3 rings (SSSR count). The number of piperazine rings is 1. The number of allylic oxidation sites excluding steroid dienone is 1. The molecular weight excluding hydrogens is 386 g/mol. The fourth-order valence-electron chi connectivity index (χ4n) is 3.60. The van der Waals surface area contributed by atoms with Crippen LogP contribution in [0, 0.1) is 0 Å². The summed E-state index contributed by atoms with van der Waals surface area (Å²) in [7, 11) is 1.62. The fraction of sp³-hybridized carbons (Fsp3) is 0.545. The minimum Gasteiger partial charge on any atom is -0.497 e. The van der Waals surface area contributed by atoms with E-state index in [-0.39, 0.29) is 0 Å². The van der Waals surface area contributed by atoms with Gasteiger partial charge in [0, 0.05) is 56.4 Å². The predicted molar refractivity (Wildman–Crippen MR) is 121 cm³/mol. The van der Waals surface area contributed by atoms with E-state index in [9.17, 15) is 0 Å². The number of hydrogen-bond acceptors (Lipinski definition) is 6. The maximum absolute atomic E-state index is 6.39. The van der Waals surface area contributed by atoms with Crippen molar-refractivity contribution in [3.05, 3.63) is 52.4 Å². The maximum atomic E-state index is 6.39. The van der Waals surface area contributed by atoms with Crippen LogP contribution in [0.5, 0.6) is 0 Å². The van der Waals surface area contributed by atoms with Gasteiger partial charge in [-0.05, 0) is 25.5 Å². The molecule has 2 aliphatic heterocycles. The molecular formula is C22H34ClN5O. The lowest BCUT2D eigenvalue weighted by atomic mass is 10.1. The molecule has 1 aromatic rings. The standard InChI is InChI=1S/C20H28ClN5O.C2H6/c1-13(2)16(8-15(4)27-5)10-25-11-17-18(12-25)20(24-23-19(17)21)26-7-6-22-9-14(26)3;1-2/h8,14,22H,1,4,6-7,9-12H2,2-3,5H3;1-2H3/b16-8-;. The quantitative estimate of drug-likeness (QED) is 0.557. The number of ether oxygens (including phenoxy) is 1. The fourth-order valence-corrected chi connectivity index (χ4v) is 3.81. The molecule has 1 N–H and O–H groups in total. The Morgan fingerprint density at radius 1 is 1.28 bits per heavy atom. The first-order valence-corrected chi connectivity index (χ1v) is 10.6. The minimum absolute atomic E-state index is 0.378. The van der Waals surface area contributed by atoms with Crippen molar-refractivity contribution in [2.75, 3.05) is 38.2 Å². The maximum Gasteiger partial charge on any atom is 0.156 e. The third kappa shape index (κ3) is 5.59. The van der Waals surface area contributed by atoms with Crippen molar-refractivity contribution in [2.45, 2.75) is 46.8 Å². The van der Waals surface area contributed by atoms with Crippen LogP contribution < -0.4 is 10.2 Å². The number of anilines is 1. The van der Waals surface area contributed by atoms with Crippen LogP contribution in [-0.4, -0.2) is 54.4 Å². The second-order valence-electron chi connectivity index (χ2n) is 7.28. The number of aromatic nitrogens is 2. The number of halogens is 1. The molecule has 0 aliphatic carbocycles. The Bertz CT molecular complexity index is 777. The first-order chi connectivity index (χ1) is 13.9. The molecule has 1 atom stereocenters. The van der Waals surface area contributed by atoms with Crippen molar-refractivity contribution < 1.29 is 4.74 Å². The molecule has 0 aromatic carbocycles. The van der Waals surface area contributed by atoms with E-state index >= 15 is 0 Å². The van der Waals surface area contributed by atoms with Gasteiger partial charge in [-0.2, -0.15) is 0 Å². The van der Waals surface area contributed by atoms with Crippen LogP contribution in [0.1, 0.15) is 38.8 Å². The van der Waals surface area contributed by atoms with Crippen LogP contribution in [-0.2, 0) is 17.8 Å². The van der Waals surface area contributed by atoms with Crippen LogP contribution in [0.15, 0.2) is 36.1 Å². The molecule has 6 nitrogen and oxygen atoms in total. The number of fused-ring (bicyclic) bond motifs is 1. The first-order valence-electron chi connectivity index (χ1n) is 10.2. The normalized spacial score (nSPS) is 19.3. The van der Waals surface area contributed by atoms with E-state index in [0.717, 1.165) is 61.8 Å². The predicted octanol–water partition coefficient (Wildman–Crippen LogP) is 3.93. The SMILES string of the molecule is C=C(/C=C(/CN1Cc2c(Cl)nnc(N3CCNCC3C)c2C1)C(=C)C)OC.CC. The second-order valence-corrected chi connectivity index (χ2v) is 7.64. The third-order valence-electron chi connectivity index (χ3n) is 5.19. The van der Waals surface area contributed by atoms with E-state index in [1.807, 2.05) is 26.8 Å². The van der Waals surface area contributed by atoms with Gasteiger partial charge in [-0.3, -0.25) is 4.90 Å². The highest BCUT2D eigenvalue weighted by molar-refractivity contribution is 6.30. The van der Waals surface area contributed by atoms with E-state index in [0.29, 0.717) is 17.0 Å². The zero-order valence-electron chi connectivity index (χ0n) is 18.4. The van der Waals surface area contributed by atoms with E-state index in [1.165, 1.54) is 5.56 Å². The average molecular weight is 420 g/mol. The summed E-state index contributed by atoms with van der Waals surface area (Å²) in [5, 5.41) is 12.6. The molecule has 0 saturated carbocycles. The molecule has 160 valence electrons. The lowest BCUT2D eigenvalue weighted by molar-refractivity contribution is 0.300. The van der Waals surface area contributed by atoms with Gasteiger partial charge in [0.25, 0.3) is 0 Å². The second kappa shape index (κ2) is 10.8. The molecule has 0 amide bonds. The molecule has 1 aromatic heterocycles. The van der Waals surface area contributed by atoms with Crippen LogP contribution >= 0.6 is 11.6 Å². The molecule has 3 heterocycles. The van der Waals surface area contributed by atoms with Crippen molar-refractivity contribution in [3.8, 4) is 0 Å². The molecule has 0 bridgehead atoms. The Hall–Kier alpha value is -1.89. The summed E-state index contributed by atoms with van der Waals surface area (Å²) >= 11 is 6.39. The minimum atomic E-state index is 0.378. The zero-order chi connectivity index (χ0) is 21.6. The van der Waals surface area contributed by atoms with Gasteiger partial charge in [0.05, 0.1) is 7.11 Å². The summed E-state index contributed by atoms with van der Waals surface area (Å²) in [5.41, 5.74) is 4.38. The first kappa shape index (κ1) is 23.4. The van der Waals surface area contributed by atoms with E-state index in [2.05, 4.69) is 45.4 Å².